The maximum atomic E-state index is 14.2. The first kappa shape index (κ1) is 19.9. The highest BCUT2D eigenvalue weighted by Crippen LogP contribution is 2.36. The van der Waals surface area contributed by atoms with Crippen LogP contribution in [0.25, 0.3) is 39.1 Å². The summed E-state index contributed by atoms with van der Waals surface area (Å²) in [5, 5.41) is 4.47. The monoisotopic (exact) mass is 454 g/mol. The van der Waals surface area contributed by atoms with Gasteiger partial charge in [0.25, 0.3) is 0 Å². The number of halogens is 2. The summed E-state index contributed by atoms with van der Waals surface area (Å²) >= 11 is 0. The molecule has 10 heteroatoms. The van der Waals surface area contributed by atoms with E-state index in [-0.39, 0.29) is 23.9 Å². The number of nitrogens with zero attached hydrogens (tertiary/aromatic N) is 6. The Morgan fingerprint density at radius 1 is 0.941 bits per heavy atom. The SMILES string of the molecule is Nc1nc(-c2ccc(F)cc2)c(-c2ccc3nc[nH]c3c2)c2nc(Cc3ncccc3F)nn12. The molecule has 6 rings (SSSR count). The summed E-state index contributed by atoms with van der Waals surface area (Å²) in [7, 11) is 0. The van der Waals surface area contributed by atoms with Crippen LogP contribution in [0.3, 0.4) is 0 Å². The maximum absolute atomic E-state index is 14.2. The summed E-state index contributed by atoms with van der Waals surface area (Å²) in [4.78, 5) is 20.7. The average Bonchev–Trinajstić information content (AvgIpc) is 3.48. The number of nitrogen functional groups attached to an aromatic ring is 1. The van der Waals surface area contributed by atoms with E-state index in [4.69, 9.17) is 5.73 Å². The summed E-state index contributed by atoms with van der Waals surface area (Å²) in [6.45, 7) is 0. The van der Waals surface area contributed by atoms with Gasteiger partial charge in [-0.05, 0) is 54.1 Å². The molecule has 0 aliphatic carbocycles. The van der Waals surface area contributed by atoms with Crippen molar-refractivity contribution < 1.29 is 8.78 Å². The van der Waals surface area contributed by atoms with Crippen LogP contribution < -0.4 is 5.73 Å². The van der Waals surface area contributed by atoms with E-state index in [1.807, 2.05) is 18.2 Å². The number of aromatic amines is 1. The Morgan fingerprint density at radius 2 is 1.76 bits per heavy atom. The molecular formula is C24H16F2N8. The molecule has 4 aromatic heterocycles. The lowest BCUT2D eigenvalue weighted by atomic mass is 9.99. The van der Waals surface area contributed by atoms with E-state index in [0.29, 0.717) is 28.3 Å². The Kier molecular flexibility index (Phi) is 4.51. The summed E-state index contributed by atoms with van der Waals surface area (Å²) < 4.78 is 29.2. The largest absolute Gasteiger partial charge is 0.368 e. The highest BCUT2D eigenvalue weighted by molar-refractivity contribution is 5.93. The number of benzene rings is 2. The van der Waals surface area contributed by atoms with Gasteiger partial charge in [0.2, 0.25) is 5.95 Å². The second kappa shape index (κ2) is 7.69. The van der Waals surface area contributed by atoms with Crippen molar-refractivity contribution in [1.29, 1.82) is 0 Å². The zero-order valence-electron chi connectivity index (χ0n) is 17.6. The number of anilines is 1. The van der Waals surface area contributed by atoms with Crippen molar-refractivity contribution in [1.82, 2.24) is 34.5 Å². The second-order valence-corrected chi connectivity index (χ2v) is 7.71. The first-order chi connectivity index (χ1) is 16.6. The Balaban J connectivity index is 1.60. The Morgan fingerprint density at radius 3 is 2.59 bits per heavy atom. The zero-order chi connectivity index (χ0) is 23.2. The quantitative estimate of drug-likeness (QED) is 0.413. The number of hydrogen-bond donors (Lipinski definition) is 2. The molecule has 0 fully saturated rings. The van der Waals surface area contributed by atoms with Crippen LogP contribution >= 0.6 is 0 Å². The number of imidazole rings is 1. The van der Waals surface area contributed by atoms with Gasteiger partial charge in [-0.15, -0.1) is 5.10 Å². The number of fused-ring (bicyclic) bond motifs is 2. The van der Waals surface area contributed by atoms with Gasteiger partial charge in [0.1, 0.15) is 11.6 Å². The molecule has 0 spiro atoms. The van der Waals surface area contributed by atoms with E-state index in [9.17, 15) is 8.78 Å². The van der Waals surface area contributed by atoms with Crippen LogP contribution in [0.5, 0.6) is 0 Å². The van der Waals surface area contributed by atoms with Gasteiger partial charge in [0, 0.05) is 11.8 Å². The van der Waals surface area contributed by atoms with Crippen molar-refractivity contribution in [2.24, 2.45) is 0 Å². The van der Waals surface area contributed by atoms with Gasteiger partial charge in [-0.25, -0.2) is 23.7 Å². The standard InChI is InChI=1S/C24H16F2N8/c25-15-6-3-13(4-7-15)22-21(14-5-8-17-19(10-14)30-12-29-17)23-31-20(33-34(23)24(27)32-22)11-18-16(26)2-1-9-28-18/h1-10,12H,11H2,(H2,27,32)(H,29,30). The van der Waals surface area contributed by atoms with Crippen molar-refractivity contribution in [3.8, 4) is 22.4 Å². The van der Waals surface area contributed by atoms with Gasteiger partial charge in [-0.1, -0.05) is 6.07 Å². The third-order valence-electron chi connectivity index (χ3n) is 5.54. The van der Waals surface area contributed by atoms with E-state index in [2.05, 4.69) is 30.0 Å². The Bertz CT molecular complexity index is 1670. The van der Waals surface area contributed by atoms with Crippen molar-refractivity contribution in [3.05, 3.63) is 90.3 Å². The zero-order valence-corrected chi connectivity index (χ0v) is 17.6. The molecule has 0 bridgehead atoms. The van der Waals surface area contributed by atoms with Crippen molar-refractivity contribution in [2.75, 3.05) is 5.73 Å². The van der Waals surface area contributed by atoms with Crippen molar-refractivity contribution in [3.63, 3.8) is 0 Å². The van der Waals surface area contributed by atoms with Crippen LogP contribution in [0.1, 0.15) is 11.5 Å². The third kappa shape index (κ3) is 3.32. The molecule has 6 aromatic rings. The smallest absolute Gasteiger partial charge is 0.223 e. The molecule has 0 unspecified atom stereocenters. The molecule has 0 aliphatic rings. The number of nitrogens with one attached hydrogen (secondary N) is 1. The molecule has 0 amide bonds. The van der Waals surface area contributed by atoms with Gasteiger partial charge in [-0.2, -0.15) is 4.52 Å². The lowest BCUT2D eigenvalue weighted by Gasteiger charge is -2.12. The third-order valence-corrected chi connectivity index (χ3v) is 5.54. The van der Waals surface area contributed by atoms with Crippen molar-refractivity contribution >= 4 is 22.6 Å². The van der Waals surface area contributed by atoms with Gasteiger partial charge >= 0.3 is 0 Å². The summed E-state index contributed by atoms with van der Waals surface area (Å²) in [6.07, 6.45) is 3.21. The van der Waals surface area contributed by atoms with Gasteiger partial charge < -0.3 is 10.7 Å². The Hall–Kier alpha value is -4.73. The number of aromatic nitrogens is 7. The van der Waals surface area contributed by atoms with Gasteiger partial charge in [0.05, 0.1) is 40.7 Å². The molecule has 0 atom stereocenters. The number of nitrogens with two attached hydrogens (primary N) is 1. The number of rotatable bonds is 4. The van der Waals surface area contributed by atoms with E-state index in [1.165, 1.54) is 35.0 Å². The minimum Gasteiger partial charge on any atom is -0.368 e. The topological polar surface area (TPSA) is 111 Å². The first-order valence-corrected chi connectivity index (χ1v) is 10.4. The van der Waals surface area contributed by atoms with E-state index >= 15 is 0 Å². The van der Waals surface area contributed by atoms with Crippen LogP contribution in [0.15, 0.2) is 67.1 Å². The fourth-order valence-electron chi connectivity index (χ4n) is 3.95. The number of hydrogen-bond acceptors (Lipinski definition) is 6. The van der Waals surface area contributed by atoms with E-state index in [0.717, 1.165) is 16.6 Å². The van der Waals surface area contributed by atoms with Crippen molar-refractivity contribution in [2.45, 2.75) is 6.42 Å². The predicted octanol–water partition coefficient (Wildman–Crippen LogP) is 4.18. The van der Waals surface area contributed by atoms with Crippen LogP contribution in [-0.2, 0) is 6.42 Å². The fourth-order valence-corrected chi connectivity index (χ4v) is 3.95. The number of pyridine rings is 1. The summed E-state index contributed by atoms with van der Waals surface area (Å²) in [6, 6.07) is 14.5. The molecule has 166 valence electrons. The molecule has 2 aromatic carbocycles. The molecule has 0 aliphatic heterocycles. The first-order valence-electron chi connectivity index (χ1n) is 10.4. The molecule has 8 nitrogen and oxygen atoms in total. The highest BCUT2D eigenvalue weighted by Gasteiger charge is 2.21. The normalized spacial score (nSPS) is 11.5. The lowest BCUT2D eigenvalue weighted by Crippen LogP contribution is -2.06. The van der Waals surface area contributed by atoms with E-state index in [1.54, 1.807) is 18.5 Å². The number of H-pyrrole nitrogens is 1. The van der Waals surface area contributed by atoms with E-state index < -0.39 is 5.82 Å². The predicted molar refractivity (Wildman–Crippen MR) is 123 cm³/mol. The minimum absolute atomic E-state index is 0.0820. The molecule has 34 heavy (non-hydrogen) atoms. The lowest BCUT2D eigenvalue weighted by molar-refractivity contribution is 0.601. The maximum Gasteiger partial charge on any atom is 0.223 e. The molecule has 0 saturated heterocycles. The van der Waals surface area contributed by atoms with Crippen LogP contribution in [0, 0.1) is 11.6 Å². The molecule has 3 N–H and O–H groups in total. The van der Waals surface area contributed by atoms with Gasteiger partial charge in [-0.3, -0.25) is 4.98 Å². The molecule has 4 heterocycles. The van der Waals surface area contributed by atoms with Crippen LogP contribution in [0.4, 0.5) is 14.7 Å². The molecule has 0 radical (unpaired) electrons. The molecular weight excluding hydrogens is 438 g/mol. The Labute approximate surface area is 191 Å². The van der Waals surface area contributed by atoms with Gasteiger partial charge in [0.15, 0.2) is 11.5 Å². The molecule has 0 saturated carbocycles. The summed E-state index contributed by atoms with van der Waals surface area (Å²) in [5.74, 6) is -0.364. The van der Waals surface area contributed by atoms with Crippen LogP contribution in [0.2, 0.25) is 0 Å². The average molecular weight is 454 g/mol. The highest BCUT2D eigenvalue weighted by atomic mass is 19.1. The fraction of sp³-hybridized carbons (Fsp3) is 0.0417. The summed E-state index contributed by atoms with van der Waals surface area (Å²) in [5.41, 5.74) is 11.2. The minimum atomic E-state index is -0.440. The second-order valence-electron chi connectivity index (χ2n) is 7.71. The van der Waals surface area contributed by atoms with Crippen LogP contribution in [-0.4, -0.2) is 34.5 Å².